The first-order valence-corrected chi connectivity index (χ1v) is 7.71. The highest BCUT2D eigenvalue weighted by Gasteiger charge is 2.17. The second kappa shape index (κ2) is 7.26. The molecule has 1 N–H and O–H groups in total. The summed E-state index contributed by atoms with van der Waals surface area (Å²) in [6.07, 6.45) is 0.377. The predicted molar refractivity (Wildman–Crippen MR) is 85.6 cm³/mol. The van der Waals surface area contributed by atoms with Crippen LogP contribution in [0.25, 0.3) is 0 Å². The molecule has 5 heteroatoms. The molecule has 0 saturated heterocycles. The van der Waals surface area contributed by atoms with Crippen molar-refractivity contribution in [2.75, 3.05) is 6.54 Å². The smallest absolute Gasteiger partial charge is 0.129 e. The van der Waals surface area contributed by atoms with Crippen molar-refractivity contribution in [1.29, 1.82) is 0 Å². The van der Waals surface area contributed by atoms with Crippen LogP contribution in [0.4, 0.5) is 13.2 Å². The van der Waals surface area contributed by atoms with Gasteiger partial charge < -0.3 is 5.32 Å². The van der Waals surface area contributed by atoms with E-state index in [1.807, 2.05) is 6.92 Å². The highest BCUT2D eigenvalue weighted by atomic mass is 127. The Labute approximate surface area is 135 Å². The van der Waals surface area contributed by atoms with Crippen molar-refractivity contribution < 1.29 is 13.2 Å². The second-order valence-electron chi connectivity index (χ2n) is 4.72. The van der Waals surface area contributed by atoms with E-state index in [9.17, 15) is 13.2 Å². The first kappa shape index (κ1) is 16.3. The van der Waals surface area contributed by atoms with Crippen LogP contribution >= 0.6 is 22.6 Å². The lowest BCUT2D eigenvalue weighted by Gasteiger charge is -2.20. The van der Waals surface area contributed by atoms with E-state index < -0.39 is 11.6 Å². The molecule has 0 fully saturated rings. The summed E-state index contributed by atoms with van der Waals surface area (Å²) >= 11 is 2.06. The van der Waals surface area contributed by atoms with E-state index in [1.54, 1.807) is 6.07 Å². The van der Waals surface area contributed by atoms with Crippen LogP contribution in [0.1, 0.15) is 24.1 Å². The van der Waals surface area contributed by atoms with Gasteiger partial charge in [-0.25, -0.2) is 13.2 Å². The van der Waals surface area contributed by atoms with Crippen LogP contribution in [0.5, 0.6) is 0 Å². The number of rotatable bonds is 5. The van der Waals surface area contributed by atoms with Crippen LogP contribution in [-0.4, -0.2) is 6.54 Å². The van der Waals surface area contributed by atoms with Crippen molar-refractivity contribution in [3.63, 3.8) is 0 Å². The maximum Gasteiger partial charge on any atom is 0.129 e. The summed E-state index contributed by atoms with van der Waals surface area (Å²) in [6, 6.07) is 7.97. The second-order valence-corrected chi connectivity index (χ2v) is 5.88. The van der Waals surface area contributed by atoms with Gasteiger partial charge in [0.05, 0.1) is 0 Å². The number of nitrogens with one attached hydrogen (secondary N) is 1. The fraction of sp³-hybridized carbons (Fsp3) is 0.250. The highest BCUT2D eigenvalue weighted by Crippen LogP contribution is 2.25. The molecule has 1 nitrogen and oxygen atoms in total. The molecule has 0 heterocycles. The van der Waals surface area contributed by atoms with Gasteiger partial charge in [0.15, 0.2) is 0 Å². The molecule has 0 amide bonds. The molecule has 112 valence electrons. The number of hydrogen-bond acceptors (Lipinski definition) is 1. The van der Waals surface area contributed by atoms with E-state index in [-0.39, 0.29) is 11.9 Å². The van der Waals surface area contributed by atoms with Crippen LogP contribution in [0.3, 0.4) is 0 Å². The Kier molecular flexibility index (Phi) is 5.64. The lowest BCUT2D eigenvalue weighted by molar-refractivity contribution is 0.518. The molecule has 0 aliphatic carbocycles. The van der Waals surface area contributed by atoms with Crippen LogP contribution in [-0.2, 0) is 6.42 Å². The minimum Gasteiger partial charge on any atom is -0.310 e. The Morgan fingerprint density at radius 1 is 1.05 bits per heavy atom. The van der Waals surface area contributed by atoms with Crippen molar-refractivity contribution in [2.24, 2.45) is 0 Å². The molecule has 0 aromatic heterocycles. The Morgan fingerprint density at radius 2 is 1.71 bits per heavy atom. The van der Waals surface area contributed by atoms with Crippen LogP contribution in [0.15, 0.2) is 36.4 Å². The van der Waals surface area contributed by atoms with Gasteiger partial charge in [-0.1, -0.05) is 19.1 Å². The first-order chi connectivity index (χ1) is 10.0. The van der Waals surface area contributed by atoms with Gasteiger partial charge in [0.2, 0.25) is 0 Å². The summed E-state index contributed by atoms with van der Waals surface area (Å²) in [6.45, 7) is 2.64. The monoisotopic (exact) mass is 405 g/mol. The van der Waals surface area contributed by atoms with Crippen molar-refractivity contribution in [3.8, 4) is 0 Å². The molecule has 0 saturated carbocycles. The van der Waals surface area contributed by atoms with E-state index in [0.29, 0.717) is 18.5 Å². The van der Waals surface area contributed by atoms with Crippen molar-refractivity contribution >= 4 is 22.6 Å². The quantitative estimate of drug-likeness (QED) is 0.718. The molecule has 2 aromatic carbocycles. The fourth-order valence-electron chi connectivity index (χ4n) is 2.23. The summed E-state index contributed by atoms with van der Waals surface area (Å²) in [4.78, 5) is 0. The third-order valence-electron chi connectivity index (χ3n) is 3.23. The van der Waals surface area contributed by atoms with Gasteiger partial charge in [0.1, 0.15) is 17.5 Å². The number of likely N-dealkylation sites (N-methyl/N-ethyl adjacent to an activating group) is 1. The zero-order chi connectivity index (χ0) is 15.4. The molecule has 2 aromatic rings. The highest BCUT2D eigenvalue weighted by molar-refractivity contribution is 14.1. The summed E-state index contributed by atoms with van der Waals surface area (Å²) in [5, 5.41) is 3.26. The number of halogens is 4. The van der Waals surface area contributed by atoms with Gasteiger partial charge in [-0.05, 0) is 64.9 Å². The Morgan fingerprint density at radius 3 is 2.33 bits per heavy atom. The fourth-order valence-corrected chi connectivity index (χ4v) is 3.08. The summed E-state index contributed by atoms with van der Waals surface area (Å²) in [7, 11) is 0. The molecule has 1 atom stereocenters. The Hall–Kier alpha value is -1.08. The Bertz CT molecular complexity index is 631. The lowest BCUT2D eigenvalue weighted by atomic mass is 9.98. The largest absolute Gasteiger partial charge is 0.310 e. The summed E-state index contributed by atoms with van der Waals surface area (Å²) in [5.74, 6) is -1.45. The van der Waals surface area contributed by atoms with E-state index in [1.165, 1.54) is 24.3 Å². The molecule has 0 aliphatic heterocycles. The molecule has 0 spiro atoms. The zero-order valence-electron chi connectivity index (χ0n) is 11.5. The molecule has 0 bridgehead atoms. The van der Waals surface area contributed by atoms with E-state index in [0.717, 1.165) is 15.2 Å². The summed E-state index contributed by atoms with van der Waals surface area (Å²) < 4.78 is 40.8. The van der Waals surface area contributed by atoms with Gasteiger partial charge in [-0.3, -0.25) is 0 Å². The zero-order valence-corrected chi connectivity index (χ0v) is 13.6. The maximum absolute atomic E-state index is 13.8. The van der Waals surface area contributed by atoms with Crippen molar-refractivity contribution in [3.05, 3.63) is 68.5 Å². The minimum atomic E-state index is -0.590. The number of benzene rings is 2. The van der Waals surface area contributed by atoms with Gasteiger partial charge in [0, 0.05) is 15.7 Å². The third-order valence-corrected chi connectivity index (χ3v) is 4.16. The van der Waals surface area contributed by atoms with E-state index in [2.05, 4.69) is 27.9 Å². The van der Waals surface area contributed by atoms with Gasteiger partial charge in [-0.2, -0.15) is 0 Å². The van der Waals surface area contributed by atoms with Crippen molar-refractivity contribution in [1.82, 2.24) is 5.32 Å². The minimum absolute atomic E-state index is 0.150. The molecule has 0 radical (unpaired) electrons. The molecule has 1 unspecified atom stereocenters. The van der Waals surface area contributed by atoms with Gasteiger partial charge in [0.25, 0.3) is 0 Å². The standard InChI is InChI=1S/C16H15F3IN/c1-2-21-16(13-6-5-12(18)9-15(13)20)7-10-3-4-11(17)8-14(10)19/h3-6,8-9,16,21H,2,7H2,1H3. The molecule has 21 heavy (non-hydrogen) atoms. The average Bonchev–Trinajstić information content (AvgIpc) is 2.41. The number of hydrogen-bond donors (Lipinski definition) is 1. The third kappa shape index (κ3) is 4.20. The van der Waals surface area contributed by atoms with E-state index >= 15 is 0 Å². The van der Waals surface area contributed by atoms with Gasteiger partial charge in [-0.15, -0.1) is 0 Å². The van der Waals surface area contributed by atoms with Crippen LogP contribution in [0, 0.1) is 21.0 Å². The maximum atomic E-state index is 13.8. The first-order valence-electron chi connectivity index (χ1n) is 6.63. The average molecular weight is 405 g/mol. The molecule has 0 aliphatic rings. The molecular formula is C16H15F3IN. The molecule has 2 rings (SSSR count). The normalized spacial score (nSPS) is 12.4. The topological polar surface area (TPSA) is 12.0 Å². The predicted octanol–water partition coefficient (Wildman–Crippen LogP) is 4.60. The van der Waals surface area contributed by atoms with E-state index in [4.69, 9.17) is 0 Å². The van der Waals surface area contributed by atoms with Crippen LogP contribution in [0.2, 0.25) is 0 Å². The lowest BCUT2D eigenvalue weighted by Crippen LogP contribution is -2.24. The van der Waals surface area contributed by atoms with Crippen LogP contribution < -0.4 is 5.32 Å². The van der Waals surface area contributed by atoms with Gasteiger partial charge >= 0.3 is 0 Å². The SMILES string of the molecule is CCNC(Cc1ccc(F)cc1F)c1ccc(F)cc1I. The Balaban J connectivity index is 2.30. The summed E-state index contributed by atoms with van der Waals surface area (Å²) in [5.41, 5.74) is 1.34. The van der Waals surface area contributed by atoms with Crippen molar-refractivity contribution in [2.45, 2.75) is 19.4 Å². The molecular weight excluding hydrogens is 390 g/mol.